The van der Waals surface area contributed by atoms with E-state index in [1.54, 1.807) is 0 Å². The van der Waals surface area contributed by atoms with Crippen molar-refractivity contribution in [1.82, 2.24) is 5.32 Å². The Morgan fingerprint density at radius 1 is 1.40 bits per heavy atom. The zero-order valence-corrected chi connectivity index (χ0v) is 7.25. The highest BCUT2D eigenvalue weighted by Crippen LogP contribution is 1.96. The molecule has 58 valence electrons. The molecule has 0 bridgehead atoms. The second-order valence-corrected chi connectivity index (χ2v) is 2.57. The summed E-state index contributed by atoms with van der Waals surface area (Å²) < 4.78 is 0. The van der Waals surface area contributed by atoms with Gasteiger partial charge in [0.2, 0.25) is 5.91 Å². The van der Waals surface area contributed by atoms with Crippen LogP contribution in [0.1, 0.15) is 20.8 Å². The fourth-order valence-electron chi connectivity index (χ4n) is 0.368. The Labute approximate surface area is 66.3 Å². The maximum absolute atomic E-state index is 10.6. The van der Waals surface area contributed by atoms with E-state index in [9.17, 15) is 4.79 Å². The van der Waals surface area contributed by atoms with Crippen molar-refractivity contribution in [3.8, 4) is 0 Å². The van der Waals surface area contributed by atoms with Gasteiger partial charge in [-0.05, 0) is 20.8 Å². The minimum atomic E-state index is -0.152. The second kappa shape index (κ2) is 4.34. The Morgan fingerprint density at radius 3 is 2.20 bits per heavy atom. The third-order valence-electron chi connectivity index (χ3n) is 1.20. The quantitative estimate of drug-likeness (QED) is 0.614. The molecule has 1 N–H and O–H groups in total. The number of hydrogen-bond acceptors (Lipinski definition) is 1. The highest BCUT2D eigenvalue weighted by molar-refractivity contribution is 6.27. The van der Waals surface area contributed by atoms with E-state index in [0.717, 1.165) is 11.3 Å². The van der Waals surface area contributed by atoms with Gasteiger partial charge in [-0.2, -0.15) is 0 Å². The number of amides is 1. The molecule has 0 atom stereocenters. The molecule has 10 heavy (non-hydrogen) atoms. The van der Waals surface area contributed by atoms with Crippen LogP contribution in [0.2, 0.25) is 0 Å². The van der Waals surface area contributed by atoms with Crippen LogP contribution in [0.5, 0.6) is 0 Å². The van der Waals surface area contributed by atoms with Crippen LogP contribution in [-0.4, -0.2) is 11.8 Å². The summed E-state index contributed by atoms with van der Waals surface area (Å²) in [5, 5.41) is 2.64. The van der Waals surface area contributed by atoms with Gasteiger partial charge in [0.05, 0.1) is 0 Å². The molecule has 0 saturated carbocycles. The molecule has 0 radical (unpaired) electrons. The monoisotopic (exact) mass is 161 g/mol. The molecular weight excluding hydrogens is 150 g/mol. The number of allylic oxidation sites excluding steroid dienone is 2. The lowest BCUT2D eigenvalue weighted by Crippen LogP contribution is -2.22. The average Bonchev–Trinajstić information content (AvgIpc) is 1.87. The van der Waals surface area contributed by atoms with Crippen LogP contribution in [0.3, 0.4) is 0 Å². The molecule has 3 heteroatoms. The third kappa shape index (κ3) is 3.51. The van der Waals surface area contributed by atoms with Gasteiger partial charge < -0.3 is 5.32 Å². The summed E-state index contributed by atoms with van der Waals surface area (Å²) in [5.41, 5.74) is 1.98. The molecule has 0 aromatic rings. The van der Waals surface area contributed by atoms with Crippen LogP contribution in [0, 0.1) is 0 Å². The standard InChI is InChI=1S/C7H12ClNO/c1-5(2)6(3)9-7(10)4-8/h4H2,1-3H3,(H,9,10). The number of nitrogens with one attached hydrogen (secondary N) is 1. The predicted octanol–water partition coefficient (Wildman–Crippen LogP) is 1.66. The molecule has 0 aromatic carbocycles. The first-order valence-electron chi connectivity index (χ1n) is 3.07. The number of carbonyl (C=O) groups excluding carboxylic acids is 1. The molecule has 0 heterocycles. The van der Waals surface area contributed by atoms with Crippen molar-refractivity contribution in [3.63, 3.8) is 0 Å². The number of hydrogen-bond donors (Lipinski definition) is 1. The van der Waals surface area contributed by atoms with Gasteiger partial charge in [0.25, 0.3) is 0 Å². The molecule has 0 rings (SSSR count). The van der Waals surface area contributed by atoms with E-state index in [4.69, 9.17) is 11.6 Å². The zero-order chi connectivity index (χ0) is 8.15. The van der Waals surface area contributed by atoms with Crippen molar-refractivity contribution in [3.05, 3.63) is 11.3 Å². The van der Waals surface area contributed by atoms with Gasteiger partial charge >= 0.3 is 0 Å². The lowest BCUT2D eigenvalue weighted by atomic mass is 10.3. The summed E-state index contributed by atoms with van der Waals surface area (Å²) in [4.78, 5) is 10.6. The topological polar surface area (TPSA) is 29.1 Å². The van der Waals surface area contributed by atoms with Crippen molar-refractivity contribution < 1.29 is 4.79 Å². The van der Waals surface area contributed by atoms with Crippen LogP contribution >= 0.6 is 11.6 Å². The summed E-state index contributed by atoms with van der Waals surface area (Å²) in [6.07, 6.45) is 0. The number of rotatable bonds is 2. The van der Waals surface area contributed by atoms with Gasteiger partial charge in [-0.1, -0.05) is 5.57 Å². The molecule has 2 nitrogen and oxygen atoms in total. The van der Waals surface area contributed by atoms with Crippen molar-refractivity contribution >= 4 is 17.5 Å². The molecule has 0 aliphatic carbocycles. The lowest BCUT2D eigenvalue weighted by molar-refractivity contribution is -0.118. The summed E-state index contributed by atoms with van der Waals surface area (Å²) in [6.45, 7) is 5.72. The van der Waals surface area contributed by atoms with E-state index in [1.807, 2.05) is 20.8 Å². The molecule has 0 aliphatic rings. The van der Waals surface area contributed by atoms with Gasteiger partial charge in [0, 0.05) is 5.70 Å². The first-order valence-corrected chi connectivity index (χ1v) is 3.61. The van der Waals surface area contributed by atoms with Gasteiger partial charge in [-0.15, -0.1) is 11.6 Å². The van der Waals surface area contributed by atoms with Gasteiger partial charge in [0.1, 0.15) is 5.88 Å². The van der Waals surface area contributed by atoms with Crippen LogP contribution in [-0.2, 0) is 4.79 Å². The molecular formula is C7H12ClNO. The van der Waals surface area contributed by atoms with E-state index < -0.39 is 0 Å². The van der Waals surface area contributed by atoms with E-state index >= 15 is 0 Å². The molecule has 0 aliphatic heterocycles. The van der Waals surface area contributed by atoms with Crippen LogP contribution < -0.4 is 5.32 Å². The third-order valence-corrected chi connectivity index (χ3v) is 1.44. The molecule has 1 amide bonds. The van der Waals surface area contributed by atoms with E-state index in [-0.39, 0.29) is 11.8 Å². The van der Waals surface area contributed by atoms with Crippen molar-refractivity contribution in [2.24, 2.45) is 0 Å². The molecule has 0 aromatic heterocycles. The van der Waals surface area contributed by atoms with Crippen LogP contribution in [0.15, 0.2) is 11.3 Å². The molecule has 0 unspecified atom stereocenters. The Balaban J connectivity index is 3.92. The van der Waals surface area contributed by atoms with Crippen LogP contribution in [0.25, 0.3) is 0 Å². The fraction of sp³-hybridized carbons (Fsp3) is 0.571. The normalized spacial score (nSPS) is 8.80. The maximum Gasteiger partial charge on any atom is 0.239 e. The lowest BCUT2D eigenvalue weighted by Gasteiger charge is -2.03. The van der Waals surface area contributed by atoms with E-state index in [1.165, 1.54) is 0 Å². The highest BCUT2D eigenvalue weighted by atomic mass is 35.5. The Bertz CT molecular complexity index is 159. The molecule has 0 saturated heterocycles. The fourth-order valence-corrected chi connectivity index (χ4v) is 0.434. The summed E-state index contributed by atoms with van der Waals surface area (Å²) in [6, 6.07) is 0. The van der Waals surface area contributed by atoms with Gasteiger partial charge in [-0.3, -0.25) is 4.79 Å². The minimum absolute atomic E-state index is 0.0185. The SMILES string of the molecule is CC(C)=C(C)NC(=O)CCl. The first kappa shape index (κ1) is 9.50. The van der Waals surface area contributed by atoms with Crippen molar-refractivity contribution in [2.75, 3.05) is 5.88 Å². The number of carbonyl (C=O) groups is 1. The minimum Gasteiger partial charge on any atom is -0.329 e. The zero-order valence-electron chi connectivity index (χ0n) is 6.49. The Hall–Kier alpha value is -0.500. The summed E-state index contributed by atoms with van der Waals surface area (Å²) in [5.74, 6) is -0.134. The van der Waals surface area contributed by atoms with Crippen LogP contribution in [0.4, 0.5) is 0 Å². The second-order valence-electron chi connectivity index (χ2n) is 2.31. The average molecular weight is 162 g/mol. The highest BCUT2D eigenvalue weighted by Gasteiger charge is 1.97. The van der Waals surface area contributed by atoms with E-state index in [0.29, 0.717) is 0 Å². The maximum atomic E-state index is 10.6. The summed E-state index contributed by atoms with van der Waals surface area (Å²) in [7, 11) is 0. The van der Waals surface area contributed by atoms with E-state index in [2.05, 4.69) is 5.32 Å². The van der Waals surface area contributed by atoms with Crippen molar-refractivity contribution in [1.29, 1.82) is 0 Å². The Morgan fingerprint density at radius 2 is 1.90 bits per heavy atom. The predicted molar refractivity (Wildman–Crippen MR) is 42.9 cm³/mol. The summed E-state index contributed by atoms with van der Waals surface area (Å²) >= 11 is 5.27. The molecule has 0 spiro atoms. The smallest absolute Gasteiger partial charge is 0.239 e. The largest absolute Gasteiger partial charge is 0.329 e. The molecule has 0 fully saturated rings. The Kier molecular flexibility index (Phi) is 4.12. The van der Waals surface area contributed by atoms with Crippen molar-refractivity contribution in [2.45, 2.75) is 20.8 Å². The number of alkyl halides is 1. The van der Waals surface area contributed by atoms with Gasteiger partial charge in [0.15, 0.2) is 0 Å². The number of halogens is 1. The van der Waals surface area contributed by atoms with Gasteiger partial charge in [-0.25, -0.2) is 0 Å². The first-order chi connectivity index (χ1) is 4.57.